The standard InChI is InChI=1S/C15H21IO2S/c16-15(18-12(17)3-4-19)7-10-6-11(15)14-9-2-1-8(5-9)13(10)14/h8-11,13-14,19H,1-7H2/t8?,9?,10?,11?,13?,14?,15-/m1/s1. The van der Waals surface area contributed by atoms with Crippen molar-refractivity contribution in [1.29, 1.82) is 0 Å². The second-order valence-corrected chi connectivity index (χ2v) is 9.30. The third-order valence-electron chi connectivity index (χ3n) is 6.31. The molecular weight excluding hydrogens is 371 g/mol. The van der Waals surface area contributed by atoms with Crippen LogP contribution in [0.2, 0.25) is 0 Å². The van der Waals surface area contributed by atoms with Crippen LogP contribution in [-0.2, 0) is 9.53 Å². The third kappa shape index (κ3) is 1.84. The van der Waals surface area contributed by atoms with Gasteiger partial charge in [0.15, 0.2) is 3.61 Å². The van der Waals surface area contributed by atoms with E-state index in [-0.39, 0.29) is 9.58 Å². The molecule has 4 bridgehead atoms. The molecule has 0 spiro atoms. The van der Waals surface area contributed by atoms with Crippen molar-refractivity contribution in [2.24, 2.45) is 35.5 Å². The fourth-order valence-electron chi connectivity index (χ4n) is 5.96. The Bertz CT molecular complexity index is 415. The van der Waals surface area contributed by atoms with Crippen LogP contribution in [0.1, 0.15) is 38.5 Å². The fraction of sp³-hybridized carbons (Fsp3) is 0.933. The van der Waals surface area contributed by atoms with Crippen LogP contribution in [0.3, 0.4) is 0 Å². The highest BCUT2D eigenvalue weighted by atomic mass is 127. The first-order chi connectivity index (χ1) is 9.12. The Kier molecular flexibility index (Phi) is 3.15. The summed E-state index contributed by atoms with van der Waals surface area (Å²) in [7, 11) is 0. The molecule has 4 aliphatic carbocycles. The van der Waals surface area contributed by atoms with Crippen LogP contribution in [-0.4, -0.2) is 15.3 Å². The molecule has 0 saturated heterocycles. The monoisotopic (exact) mass is 392 g/mol. The normalized spacial score (nSPS) is 53.6. The summed E-state index contributed by atoms with van der Waals surface area (Å²) < 4.78 is 5.70. The summed E-state index contributed by atoms with van der Waals surface area (Å²) >= 11 is 6.59. The van der Waals surface area contributed by atoms with Gasteiger partial charge in [0.2, 0.25) is 0 Å². The molecule has 19 heavy (non-hydrogen) atoms. The van der Waals surface area contributed by atoms with Gasteiger partial charge >= 0.3 is 5.97 Å². The summed E-state index contributed by atoms with van der Waals surface area (Å²) in [5.74, 6) is 5.84. The maximum absolute atomic E-state index is 11.9. The van der Waals surface area contributed by atoms with E-state index in [1.165, 1.54) is 25.7 Å². The number of ether oxygens (including phenoxy) is 1. The largest absolute Gasteiger partial charge is 0.448 e. The zero-order valence-corrected chi connectivity index (χ0v) is 14.1. The van der Waals surface area contributed by atoms with Gasteiger partial charge in [-0.15, -0.1) is 0 Å². The maximum atomic E-state index is 11.9. The highest BCUT2D eigenvalue weighted by molar-refractivity contribution is 14.1. The lowest BCUT2D eigenvalue weighted by atomic mass is 9.70. The molecule has 0 heterocycles. The predicted octanol–water partition coefficient (Wildman–Crippen LogP) is 3.68. The smallest absolute Gasteiger partial charge is 0.307 e. The molecule has 0 amide bonds. The topological polar surface area (TPSA) is 26.3 Å². The number of halogens is 1. The second kappa shape index (κ2) is 4.52. The van der Waals surface area contributed by atoms with Gasteiger partial charge in [0.1, 0.15) is 0 Å². The van der Waals surface area contributed by atoms with E-state index in [4.69, 9.17) is 4.74 Å². The highest BCUT2D eigenvalue weighted by Gasteiger charge is 2.67. The molecule has 6 unspecified atom stereocenters. The van der Waals surface area contributed by atoms with Crippen molar-refractivity contribution in [3.05, 3.63) is 0 Å². The van der Waals surface area contributed by atoms with Gasteiger partial charge in [-0.2, -0.15) is 12.6 Å². The minimum atomic E-state index is -0.186. The van der Waals surface area contributed by atoms with Gasteiger partial charge in [-0.05, 0) is 84.3 Å². The van der Waals surface area contributed by atoms with Crippen LogP contribution in [0.25, 0.3) is 0 Å². The molecule has 4 fully saturated rings. The molecule has 0 aliphatic heterocycles. The van der Waals surface area contributed by atoms with Gasteiger partial charge in [-0.25, -0.2) is 0 Å². The number of carbonyl (C=O) groups is 1. The minimum absolute atomic E-state index is 0.0448. The average Bonchev–Trinajstić information content (AvgIpc) is 3.03. The number of fused-ring (bicyclic) bond motifs is 9. The molecule has 0 N–H and O–H groups in total. The SMILES string of the molecule is O=C(CCS)O[C@]1(I)CC2CC1C1C3CCC(C3)C21. The van der Waals surface area contributed by atoms with Gasteiger partial charge in [0, 0.05) is 11.7 Å². The number of esters is 1. The van der Waals surface area contributed by atoms with Crippen molar-refractivity contribution >= 4 is 41.2 Å². The number of hydrogen-bond acceptors (Lipinski definition) is 3. The van der Waals surface area contributed by atoms with Crippen molar-refractivity contribution in [1.82, 2.24) is 0 Å². The summed E-state index contributed by atoms with van der Waals surface area (Å²) in [5, 5.41) is 0. The Morgan fingerprint density at radius 3 is 2.68 bits per heavy atom. The first-order valence-electron chi connectivity index (χ1n) is 7.64. The molecule has 4 heteroatoms. The number of thiol groups is 1. The van der Waals surface area contributed by atoms with E-state index in [9.17, 15) is 4.79 Å². The average molecular weight is 392 g/mol. The predicted molar refractivity (Wildman–Crippen MR) is 85.3 cm³/mol. The van der Waals surface area contributed by atoms with E-state index >= 15 is 0 Å². The van der Waals surface area contributed by atoms with E-state index in [1.807, 2.05) is 0 Å². The molecule has 0 radical (unpaired) electrons. The van der Waals surface area contributed by atoms with Crippen LogP contribution in [0.5, 0.6) is 0 Å². The van der Waals surface area contributed by atoms with Gasteiger partial charge in [-0.1, -0.05) is 0 Å². The Labute approximate surface area is 134 Å². The molecule has 4 aliphatic rings. The molecule has 4 saturated carbocycles. The van der Waals surface area contributed by atoms with E-state index in [2.05, 4.69) is 35.2 Å². The minimum Gasteiger partial charge on any atom is -0.448 e. The number of rotatable bonds is 3. The van der Waals surface area contributed by atoms with Crippen LogP contribution in [0.15, 0.2) is 0 Å². The van der Waals surface area contributed by atoms with Gasteiger partial charge in [0.25, 0.3) is 0 Å². The Balaban J connectivity index is 1.54. The molecule has 4 rings (SSSR count). The van der Waals surface area contributed by atoms with Gasteiger partial charge < -0.3 is 4.74 Å². The van der Waals surface area contributed by atoms with Crippen LogP contribution >= 0.6 is 35.2 Å². The summed E-state index contributed by atoms with van der Waals surface area (Å²) in [6.07, 6.45) is 7.26. The van der Waals surface area contributed by atoms with E-state index in [0.717, 1.165) is 36.0 Å². The lowest BCUT2D eigenvalue weighted by molar-refractivity contribution is -0.155. The van der Waals surface area contributed by atoms with Crippen molar-refractivity contribution in [2.45, 2.75) is 42.1 Å². The van der Waals surface area contributed by atoms with Gasteiger partial charge in [0.05, 0.1) is 6.42 Å². The number of alkyl halides is 1. The first kappa shape index (κ1) is 13.2. The molecule has 2 nitrogen and oxygen atoms in total. The zero-order chi connectivity index (χ0) is 13.2. The van der Waals surface area contributed by atoms with Crippen LogP contribution < -0.4 is 0 Å². The third-order valence-corrected chi connectivity index (χ3v) is 7.99. The Hall–Kier alpha value is 0.550. The molecule has 0 aromatic heterocycles. The van der Waals surface area contributed by atoms with E-state index < -0.39 is 0 Å². The molecular formula is C15H21IO2S. The second-order valence-electron chi connectivity index (χ2n) is 7.03. The summed E-state index contributed by atoms with van der Waals surface area (Å²) in [6, 6.07) is 0. The lowest BCUT2D eigenvalue weighted by Gasteiger charge is -2.42. The fourth-order valence-corrected chi connectivity index (χ4v) is 7.62. The van der Waals surface area contributed by atoms with Crippen LogP contribution in [0, 0.1) is 35.5 Å². The highest BCUT2D eigenvalue weighted by Crippen LogP contribution is 2.71. The summed E-state index contributed by atoms with van der Waals surface area (Å²) in [6.45, 7) is 0. The van der Waals surface area contributed by atoms with E-state index in [1.54, 1.807) is 0 Å². The van der Waals surface area contributed by atoms with Crippen molar-refractivity contribution in [2.75, 3.05) is 5.75 Å². The molecule has 0 aromatic carbocycles. The quantitative estimate of drug-likeness (QED) is 0.261. The van der Waals surface area contributed by atoms with Crippen molar-refractivity contribution in [3.63, 3.8) is 0 Å². The number of hydrogen-bond donors (Lipinski definition) is 1. The first-order valence-corrected chi connectivity index (χ1v) is 9.35. The molecule has 0 aromatic rings. The van der Waals surface area contributed by atoms with Crippen molar-refractivity contribution < 1.29 is 9.53 Å². The van der Waals surface area contributed by atoms with Gasteiger partial charge in [-0.3, -0.25) is 4.79 Å². The lowest BCUT2D eigenvalue weighted by Crippen LogP contribution is -2.43. The zero-order valence-electron chi connectivity index (χ0n) is 11.1. The maximum Gasteiger partial charge on any atom is 0.307 e. The summed E-state index contributed by atoms with van der Waals surface area (Å²) in [5.41, 5.74) is 0. The van der Waals surface area contributed by atoms with E-state index in [0.29, 0.717) is 18.1 Å². The Morgan fingerprint density at radius 1 is 1.21 bits per heavy atom. The van der Waals surface area contributed by atoms with Crippen molar-refractivity contribution in [3.8, 4) is 0 Å². The molecule has 7 atom stereocenters. The summed E-state index contributed by atoms with van der Waals surface area (Å²) in [4.78, 5) is 11.9. The number of carbonyl (C=O) groups excluding carboxylic acids is 1. The molecule has 106 valence electrons. The van der Waals surface area contributed by atoms with Crippen LogP contribution in [0.4, 0.5) is 0 Å². The Morgan fingerprint density at radius 2 is 1.95 bits per heavy atom.